The first kappa shape index (κ1) is 22.4. The number of rotatable bonds is 6. The van der Waals surface area contributed by atoms with Crippen LogP contribution in [0.5, 0.6) is 0 Å². The topological polar surface area (TPSA) is 81.4 Å². The number of ether oxygens (including phenoxy) is 1. The summed E-state index contributed by atoms with van der Waals surface area (Å²) in [6.07, 6.45) is 5.06. The van der Waals surface area contributed by atoms with E-state index in [1.54, 1.807) is 0 Å². The van der Waals surface area contributed by atoms with Gasteiger partial charge in [-0.25, -0.2) is 4.79 Å². The Bertz CT molecular complexity index is 1110. The minimum atomic E-state index is -0.495. The first-order valence-electron chi connectivity index (χ1n) is 10.7. The van der Waals surface area contributed by atoms with E-state index in [0.29, 0.717) is 16.3 Å². The monoisotopic (exact) mass is 466 g/mol. The summed E-state index contributed by atoms with van der Waals surface area (Å²) in [5, 5.41) is 3.15. The summed E-state index contributed by atoms with van der Waals surface area (Å²) < 4.78 is 5.08. The Hall–Kier alpha value is -2.77. The van der Waals surface area contributed by atoms with E-state index in [1.807, 2.05) is 54.6 Å². The largest absolute Gasteiger partial charge is 0.465 e. The molecule has 0 radical (unpaired) electrons. The lowest BCUT2D eigenvalue weighted by Crippen LogP contribution is -2.20. The van der Waals surface area contributed by atoms with Crippen molar-refractivity contribution in [3.05, 3.63) is 76.2 Å². The van der Waals surface area contributed by atoms with Gasteiger partial charge >= 0.3 is 5.97 Å². The number of hydrogen-bond donors (Lipinski definition) is 2. The molecule has 1 heterocycles. The van der Waals surface area contributed by atoms with Crippen LogP contribution in [0.3, 0.4) is 0 Å². The van der Waals surface area contributed by atoms with Crippen LogP contribution in [-0.4, -0.2) is 19.0 Å². The SMILES string of the molecule is COC(=O)c1c(NC(=O)C(Sc2cccc(N)c2)c2ccccc2)sc2c1CCCCC2. The van der Waals surface area contributed by atoms with Crippen LogP contribution in [0, 0.1) is 0 Å². The summed E-state index contributed by atoms with van der Waals surface area (Å²) in [4.78, 5) is 28.3. The third-order valence-corrected chi connectivity index (χ3v) is 7.96. The van der Waals surface area contributed by atoms with Crippen molar-refractivity contribution in [2.45, 2.75) is 42.2 Å². The number of nitrogens with two attached hydrogens (primary N) is 1. The summed E-state index contributed by atoms with van der Waals surface area (Å²) in [5.41, 5.74) is 9.03. The number of esters is 1. The maximum Gasteiger partial charge on any atom is 0.341 e. The predicted octanol–water partition coefficient (Wildman–Crippen LogP) is 5.86. The lowest BCUT2D eigenvalue weighted by atomic mass is 10.1. The van der Waals surface area contributed by atoms with E-state index in [0.717, 1.165) is 48.1 Å². The highest BCUT2D eigenvalue weighted by atomic mass is 32.2. The highest BCUT2D eigenvalue weighted by Gasteiger charge is 2.29. The summed E-state index contributed by atoms with van der Waals surface area (Å²) in [5.74, 6) is -0.565. The average molecular weight is 467 g/mol. The molecule has 1 atom stereocenters. The smallest absolute Gasteiger partial charge is 0.341 e. The van der Waals surface area contributed by atoms with Gasteiger partial charge < -0.3 is 15.8 Å². The number of benzene rings is 2. The normalized spacial score (nSPS) is 14.2. The number of thioether (sulfide) groups is 1. The van der Waals surface area contributed by atoms with Crippen LogP contribution in [0.1, 0.15) is 50.9 Å². The molecule has 0 spiro atoms. The number of amides is 1. The van der Waals surface area contributed by atoms with Crippen molar-refractivity contribution in [2.24, 2.45) is 0 Å². The van der Waals surface area contributed by atoms with Gasteiger partial charge in [0.2, 0.25) is 5.91 Å². The van der Waals surface area contributed by atoms with Crippen molar-refractivity contribution in [1.29, 1.82) is 0 Å². The van der Waals surface area contributed by atoms with Crippen molar-refractivity contribution >= 4 is 45.7 Å². The number of fused-ring (bicyclic) bond motifs is 1. The molecule has 32 heavy (non-hydrogen) atoms. The van der Waals surface area contributed by atoms with Crippen LogP contribution in [0.25, 0.3) is 0 Å². The lowest BCUT2D eigenvalue weighted by molar-refractivity contribution is -0.115. The molecule has 3 aromatic rings. The van der Waals surface area contributed by atoms with Gasteiger partial charge in [0.1, 0.15) is 10.3 Å². The number of nitrogens with one attached hydrogen (secondary N) is 1. The van der Waals surface area contributed by atoms with Crippen molar-refractivity contribution in [3.8, 4) is 0 Å². The van der Waals surface area contributed by atoms with Crippen molar-refractivity contribution in [1.82, 2.24) is 0 Å². The quantitative estimate of drug-likeness (QED) is 0.206. The van der Waals surface area contributed by atoms with Gasteiger partial charge in [-0.3, -0.25) is 4.79 Å². The summed E-state index contributed by atoms with van der Waals surface area (Å²) in [6, 6.07) is 17.1. The minimum absolute atomic E-state index is 0.176. The maximum atomic E-state index is 13.5. The molecule has 166 valence electrons. The molecule has 0 saturated heterocycles. The highest BCUT2D eigenvalue weighted by molar-refractivity contribution is 8.00. The first-order chi connectivity index (χ1) is 15.6. The molecule has 0 bridgehead atoms. The van der Waals surface area contributed by atoms with E-state index in [-0.39, 0.29) is 11.9 Å². The predicted molar refractivity (Wildman–Crippen MR) is 131 cm³/mol. The number of anilines is 2. The van der Waals surface area contributed by atoms with Gasteiger partial charge in [-0.2, -0.15) is 0 Å². The Morgan fingerprint density at radius 1 is 1.06 bits per heavy atom. The molecule has 1 aliphatic rings. The number of hydrogen-bond acceptors (Lipinski definition) is 6. The van der Waals surface area contributed by atoms with Crippen LogP contribution >= 0.6 is 23.1 Å². The van der Waals surface area contributed by atoms with Gasteiger partial charge in [0, 0.05) is 15.5 Å². The molecule has 1 unspecified atom stereocenters. The molecule has 4 rings (SSSR count). The molecule has 5 nitrogen and oxygen atoms in total. The molecule has 1 amide bonds. The Balaban J connectivity index is 1.67. The van der Waals surface area contributed by atoms with Gasteiger partial charge in [0.05, 0.1) is 12.7 Å². The Kier molecular flexibility index (Phi) is 7.17. The van der Waals surface area contributed by atoms with Gasteiger partial charge in [0.25, 0.3) is 0 Å². The van der Waals surface area contributed by atoms with Crippen molar-refractivity contribution < 1.29 is 14.3 Å². The molecule has 0 fully saturated rings. The van der Waals surface area contributed by atoms with E-state index < -0.39 is 5.25 Å². The number of thiophene rings is 1. The first-order valence-corrected chi connectivity index (χ1v) is 12.4. The fourth-order valence-corrected chi connectivity index (χ4v) is 6.32. The fourth-order valence-electron chi connectivity index (χ4n) is 3.95. The Morgan fingerprint density at radius 3 is 2.59 bits per heavy atom. The number of nitrogen functional groups attached to an aromatic ring is 1. The fraction of sp³-hybridized carbons (Fsp3) is 0.280. The van der Waals surface area contributed by atoms with Crippen LogP contribution in [-0.2, 0) is 22.4 Å². The lowest BCUT2D eigenvalue weighted by Gasteiger charge is -2.17. The Morgan fingerprint density at radius 2 is 1.84 bits per heavy atom. The van der Waals surface area contributed by atoms with E-state index in [9.17, 15) is 9.59 Å². The van der Waals surface area contributed by atoms with E-state index in [4.69, 9.17) is 10.5 Å². The van der Waals surface area contributed by atoms with Crippen LogP contribution in [0.15, 0.2) is 59.5 Å². The van der Waals surface area contributed by atoms with E-state index in [2.05, 4.69) is 5.32 Å². The summed E-state index contributed by atoms with van der Waals surface area (Å²) >= 11 is 2.94. The second-order valence-electron chi connectivity index (χ2n) is 7.73. The molecule has 7 heteroatoms. The van der Waals surface area contributed by atoms with Gasteiger partial charge in [-0.1, -0.05) is 42.8 Å². The summed E-state index contributed by atoms with van der Waals surface area (Å²) in [6.45, 7) is 0. The maximum absolute atomic E-state index is 13.5. The standard InChI is InChI=1S/C25H26N2O3S2/c1-30-25(29)21-19-13-6-3-7-14-20(19)32-24(21)27-23(28)22(16-9-4-2-5-10-16)31-18-12-8-11-17(26)15-18/h2,4-5,8-12,15,22H,3,6-7,13-14,26H2,1H3,(H,27,28). The van der Waals surface area contributed by atoms with E-state index in [1.165, 1.54) is 35.1 Å². The molecule has 0 aliphatic heterocycles. The third kappa shape index (κ3) is 5.00. The van der Waals surface area contributed by atoms with Crippen LogP contribution < -0.4 is 11.1 Å². The van der Waals surface area contributed by atoms with Gasteiger partial charge in [0.15, 0.2) is 0 Å². The van der Waals surface area contributed by atoms with E-state index >= 15 is 0 Å². The van der Waals surface area contributed by atoms with Crippen LogP contribution in [0.4, 0.5) is 10.7 Å². The third-order valence-electron chi connectivity index (χ3n) is 5.50. The zero-order valence-electron chi connectivity index (χ0n) is 17.9. The van der Waals surface area contributed by atoms with Crippen molar-refractivity contribution in [3.63, 3.8) is 0 Å². The zero-order valence-corrected chi connectivity index (χ0v) is 19.6. The van der Waals surface area contributed by atoms with Gasteiger partial charge in [-0.05, 0) is 55.0 Å². The van der Waals surface area contributed by atoms with Crippen molar-refractivity contribution in [2.75, 3.05) is 18.2 Å². The molecule has 1 aromatic heterocycles. The van der Waals surface area contributed by atoms with Crippen LogP contribution in [0.2, 0.25) is 0 Å². The molecular weight excluding hydrogens is 440 g/mol. The molecular formula is C25H26N2O3S2. The molecule has 3 N–H and O–H groups in total. The molecule has 0 saturated carbocycles. The minimum Gasteiger partial charge on any atom is -0.465 e. The zero-order chi connectivity index (χ0) is 22.5. The summed E-state index contributed by atoms with van der Waals surface area (Å²) in [7, 11) is 1.39. The second kappa shape index (κ2) is 10.2. The second-order valence-corrected chi connectivity index (χ2v) is 10.0. The number of aryl methyl sites for hydroxylation is 1. The molecule has 2 aromatic carbocycles. The molecule has 1 aliphatic carbocycles. The van der Waals surface area contributed by atoms with Gasteiger partial charge in [-0.15, -0.1) is 23.1 Å². The average Bonchev–Trinajstić information content (AvgIpc) is 2.97. The Labute approximate surface area is 196 Å². The number of carbonyl (C=O) groups excluding carboxylic acids is 2. The number of methoxy groups -OCH3 is 1. The number of carbonyl (C=O) groups is 2. The highest BCUT2D eigenvalue weighted by Crippen LogP contribution is 2.41.